The summed E-state index contributed by atoms with van der Waals surface area (Å²) in [4.78, 5) is 57.7. The number of methoxy groups -OCH3 is 2. The molecule has 206 valence electrons. The Bertz CT molecular complexity index is 1590. The first kappa shape index (κ1) is 25.4. The normalized spacial score (nSPS) is 29.6. The molecule has 1 aromatic heterocycles. The number of aromatic amines is 1. The number of ether oxygens (including phenoxy) is 2. The molecule has 2 saturated carbocycles. The molecule has 7 atom stereocenters. The van der Waals surface area contributed by atoms with Gasteiger partial charge in [-0.2, -0.15) is 0 Å². The number of thiazole rings is 1. The summed E-state index contributed by atoms with van der Waals surface area (Å²) in [6.45, 7) is -0.290. The molecule has 3 fully saturated rings. The Hall–Kier alpha value is -3.57. The van der Waals surface area contributed by atoms with Crippen LogP contribution < -0.4 is 19.7 Å². The van der Waals surface area contributed by atoms with Gasteiger partial charge in [0, 0.05) is 21.7 Å². The van der Waals surface area contributed by atoms with E-state index < -0.39 is 17.7 Å². The van der Waals surface area contributed by atoms with E-state index in [1.54, 1.807) is 38.1 Å². The molecular weight excluding hydrogens is 550 g/mol. The maximum absolute atomic E-state index is 13.8. The highest BCUT2D eigenvalue weighted by Gasteiger charge is 2.69. The quantitative estimate of drug-likeness (QED) is 0.430. The van der Waals surface area contributed by atoms with E-state index in [2.05, 4.69) is 10.3 Å². The lowest BCUT2D eigenvalue weighted by molar-refractivity contribution is -0.143. The molecule has 2 aromatic carbocycles. The molecule has 2 aliphatic heterocycles. The van der Waals surface area contributed by atoms with Crippen LogP contribution in [0.4, 0.5) is 5.69 Å². The molecule has 2 N–H and O–H groups in total. The molecule has 40 heavy (non-hydrogen) atoms. The Morgan fingerprint density at radius 1 is 1.00 bits per heavy atom. The number of amides is 3. The fraction of sp³-hybridized carbons (Fsp3) is 0.379. The van der Waals surface area contributed by atoms with Gasteiger partial charge in [-0.05, 0) is 54.0 Å². The summed E-state index contributed by atoms with van der Waals surface area (Å²) in [6, 6.07) is 14.8. The topological polar surface area (TPSA) is 118 Å². The van der Waals surface area contributed by atoms with Gasteiger partial charge in [0.1, 0.15) is 6.54 Å². The SMILES string of the molecule is COc1ccc([C@@H]2c3sc(=O)[nH]c3S[C@@H]3[C@H]4C[C@@H]([C@@H]5C(=O)N(CC(=O)Nc6ccccc6)C(=O)[C@@H]45)[C@@H]23)cc1OC. The van der Waals surface area contributed by atoms with Gasteiger partial charge in [0.05, 0.1) is 31.1 Å². The number of hydrogen-bond acceptors (Lipinski definition) is 8. The Balaban J connectivity index is 1.22. The number of carbonyl (C=O) groups is 3. The van der Waals surface area contributed by atoms with Gasteiger partial charge in [0.25, 0.3) is 0 Å². The fourth-order valence-electron chi connectivity index (χ4n) is 7.52. The van der Waals surface area contributed by atoms with Crippen molar-refractivity contribution in [3.63, 3.8) is 0 Å². The number of benzene rings is 2. The number of imide groups is 1. The molecule has 4 aliphatic rings. The van der Waals surface area contributed by atoms with Crippen molar-refractivity contribution >= 4 is 46.5 Å². The third kappa shape index (κ3) is 3.74. The second kappa shape index (κ2) is 9.52. The first-order valence-corrected chi connectivity index (χ1v) is 14.9. The Labute approximate surface area is 238 Å². The van der Waals surface area contributed by atoms with Crippen molar-refractivity contribution in [1.82, 2.24) is 9.88 Å². The van der Waals surface area contributed by atoms with Crippen molar-refractivity contribution in [2.24, 2.45) is 29.6 Å². The number of hydrogen-bond donors (Lipinski definition) is 2. The first-order valence-electron chi connectivity index (χ1n) is 13.2. The molecule has 3 amide bonds. The van der Waals surface area contributed by atoms with Crippen LogP contribution >= 0.6 is 23.1 Å². The summed E-state index contributed by atoms with van der Waals surface area (Å²) in [5.41, 5.74) is 1.61. The molecule has 2 aliphatic carbocycles. The van der Waals surface area contributed by atoms with Crippen molar-refractivity contribution in [3.8, 4) is 11.5 Å². The molecule has 2 bridgehead atoms. The van der Waals surface area contributed by atoms with Gasteiger partial charge in [-0.3, -0.25) is 24.1 Å². The lowest BCUT2D eigenvalue weighted by Gasteiger charge is -2.43. The number of H-pyrrole nitrogens is 1. The fourth-order valence-corrected chi connectivity index (χ4v) is 10.4. The number of likely N-dealkylation sites (tertiary alicyclic amines) is 1. The van der Waals surface area contributed by atoms with Crippen molar-refractivity contribution in [3.05, 3.63) is 68.6 Å². The Morgan fingerprint density at radius 2 is 1.73 bits per heavy atom. The van der Waals surface area contributed by atoms with Gasteiger partial charge < -0.3 is 19.8 Å². The van der Waals surface area contributed by atoms with E-state index in [1.807, 2.05) is 36.4 Å². The summed E-state index contributed by atoms with van der Waals surface area (Å²) in [7, 11) is 3.18. The number of thioether (sulfide) groups is 1. The van der Waals surface area contributed by atoms with Crippen molar-refractivity contribution in [2.45, 2.75) is 22.6 Å². The van der Waals surface area contributed by atoms with E-state index in [0.29, 0.717) is 17.2 Å². The number of anilines is 1. The van der Waals surface area contributed by atoms with Crippen LogP contribution in [0.25, 0.3) is 0 Å². The number of para-hydroxylation sites is 1. The van der Waals surface area contributed by atoms with Gasteiger partial charge in [0.15, 0.2) is 11.5 Å². The van der Waals surface area contributed by atoms with Crippen LogP contribution in [0.2, 0.25) is 0 Å². The van der Waals surface area contributed by atoms with Crippen LogP contribution in [0.15, 0.2) is 58.4 Å². The van der Waals surface area contributed by atoms with E-state index in [4.69, 9.17) is 9.47 Å². The number of rotatable bonds is 6. The van der Waals surface area contributed by atoms with Crippen LogP contribution in [0.1, 0.15) is 22.8 Å². The second-order valence-electron chi connectivity index (χ2n) is 10.8. The standard InChI is InChI=1S/C29H27N3O6S2/c1-37-17-9-8-13(10-18(17)38-2)20-21-15-11-16(24(21)39-26-25(20)40-29(36)31-26)23-22(15)27(34)32(28(23)35)12-19(33)30-14-6-4-3-5-7-14/h3-10,15-16,20-24H,11-12H2,1-2H3,(H,30,33)(H,31,36)/t15-,16+,20+,21+,22+,23+,24-/m1/s1. The first-order chi connectivity index (χ1) is 19.4. The van der Waals surface area contributed by atoms with Gasteiger partial charge in [-0.1, -0.05) is 35.6 Å². The molecule has 9 nitrogen and oxygen atoms in total. The maximum atomic E-state index is 13.8. The zero-order valence-electron chi connectivity index (χ0n) is 21.8. The predicted molar refractivity (Wildman–Crippen MR) is 150 cm³/mol. The molecule has 3 heterocycles. The summed E-state index contributed by atoms with van der Waals surface area (Å²) in [5.74, 6) is -0.690. The minimum Gasteiger partial charge on any atom is -0.493 e. The van der Waals surface area contributed by atoms with Crippen molar-refractivity contribution in [2.75, 3.05) is 26.1 Å². The second-order valence-corrected chi connectivity index (χ2v) is 13.0. The average molecular weight is 578 g/mol. The molecule has 1 saturated heterocycles. The monoisotopic (exact) mass is 577 g/mol. The lowest BCUT2D eigenvalue weighted by atomic mass is 9.68. The number of nitrogens with zero attached hydrogens (tertiary/aromatic N) is 1. The van der Waals surface area contributed by atoms with Crippen LogP contribution in [-0.2, 0) is 14.4 Å². The molecule has 0 unspecified atom stereocenters. The van der Waals surface area contributed by atoms with Crippen LogP contribution in [-0.4, -0.2) is 53.6 Å². The zero-order valence-corrected chi connectivity index (χ0v) is 23.4. The van der Waals surface area contributed by atoms with E-state index >= 15 is 0 Å². The van der Waals surface area contributed by atoms with Gasteiger partial charge in [0.2, 0.25) is 17.7 Å². The minimum absolute atomic E-state index is 0.0113. The number of nitrogens with one attached hydrogen (secondary N) is 2. The Kier molecular flexibility index (Phi) is 6.04. The summed E-state index contributed by atoms with van der Waals surface area (Å²) in [6.07, 6.45) is 0.780. The Morgan fingerprint density at radius 3 is 2.45 bits per heavy atom. The highest BCUT2D eigenvalue weighted by Crippen LogP contribution is 2.68. The van der Waals surface area contributed by atoms with E-state index in [-0.39, 0.29) is 52.2 Å². The minimum atomic E-state index is -0.455. The molecule has 7 rings (SSSR count). The summed E-state index contributed by atoms with van der Waals surface area (Å²) in [5, 5.41) is 3.69. The third-order valence-corrected chi connectivity index (χ3v) is 11.5. The molecule has 0 radical (unpaired) electrons. The van der Waals surface area contributed by atoms with E-state index in [9.17, 15) is 19.2 Å². The van der Waals surface area contributed by atoms with Crippen LogP contribution in [0.5, 0.6) is 11.5 Å². The van der Waals surface area contributed by atoms with Gasteiger partial charge in [-0.15, -0.1) is 11.8 Å². The largest absolute Gasteiger partial charge is 0.493 e. The highest BCUT2D eigenvalue weighted by atomic mass is 32.2. The van der Waals surface area contributed by atoms with Gasteiger partial charge >= 0.3 is 4.87 Å². The summed E-state index contributed by atoms with van der Waals surface area (Å²) < 4.78 is 11.0. The molecule has 3 aromatic rings. The molecule has 11 heteroatoms. The number of fused-ring (bicyclic) bond motifs is 9. The zero-order chi connectivity index (χ0) is 27.7. The number of aromatic nitrogens is 1. The van der Waals surface area contributed by atoms with Gasteiger partial charge in [-0.25, -0.2) is 0 Å². The average Bonchev–Trinajstić information content (AvgIpc) is 3.69. The van der Waals surface area contributed by atoms with Crippen molar-refractivity contribution in [1.29, 1.82) is 0 Å². The summed E-state index contributed by atoms with van der Waals surface area (Å²) >= 11 is 2.84. The third-order valence-electron chi connectivity index (χ3n) is 8.94. The molecule has 0 spiro atoms. The lowest BCUT2D eigenvalue weighted by Crippen LogP contribution is -2.42. The number of carbonyl (C=O) groups excluding carboxylic acids is 3. The van der Waals surface area contributed by atoms with E-state index in [1.165, 1.54) is 11.3 Å². The molecular formula is C29H27N3O6S2. The van der Waals surface area contributed by atoms with E-state index in [0.717, 1.165) is 26.8 Å². The highest BCUT2D eigenvalue weighted by molar-refractivity contribution is 8.00. The maximum Gasteiger partial charge on any atom is 0.305 e. The smallest absolute Gasteiger partial charge is 0.305 e. The van der Waals surface area contributed by atoms with Crippen LogP contribution in [0, 0.1) is 29.6 Å². The van der Waals surface area contributed by atoms with Crippen LogP contribution in [0.3, 0.4) is 0 Å². The predicted octanol–water partition coefficient (Wildman–Crippen LogP) is 3.57. The van der Waals surface area contributed by atoms with Crippen molar-refractivity contribution < 1.29 is 23.9 Å².